The minimum Gasteiger partial charge on any atom is -0.372 e. The molecule has 2 atom stereocenters. The fourth-order valence-corrected chi connectivity index (χ4v) is 3.27. The predicted octanol–water partition coefficient (Wildman–Crippen LogP) is 2.92. The molecule has 0 bridgehead atoms. The fourth-order valence-electron chi connectivity index (χ4n) is 3.27. The molecule has 0 spiro atoms. The molecule has 0 saturated carbocycles. The number of aromatic nitrogens is 3. The average molecular weight is 345 g/mol. The number of halogens is 1. The van der Waals surface area contributed by atoms with E-state index in [0.717, 1.165) is 5.69 Å². The summed E-state index contributed by atoms with van der Waals surface area (Å²) in [5, 5.41) is 7.72. The number of ether oxygens (including phenoxy) is 1. The minimum atomic E-state index is -0.388. The Labute approximate surface area is 144 Å². The molecule has 3 aromatic rings. The van der Waals surface area contributed by atoms with Crippen molar-refractivity contribution >= 4 is 22.5 Å². The second kappa shape index (κ2) is 6.36. The van der Waals surface area contributed by atoms with Crippen molar-refractivity contribution in [3.63, 3.8) is 0 Å². The molecule has 4 rings (SSSR count). The maximum Gasteiger partial charge on any atom is 0.206 e. The molecule has 8 heteroatoms. The number of benzene rings is 1. The molecule has 1 saturated heterocycles. The summed E-state index contributed by atoms with van der Waals surface area (Å²) in [6.45, 7) is 5.78. The van der Waals surface area contributed by atoms with Crippen LogP contribution in [0.5, 0.6) is 0 Å². The van der Waals surface area contributed by atoms with Crippen LogP contribution in [0.3, 0.4) is 0 Å². The van der Waals surface area contributed by atoms with Gasteiger partial charge in [-0.05, 0) is 26.0 Å². The topological polar surface area (TPSA) is 79.2 Å². The number of nitrogens with one attached hydrogen (secondary N) is 2. The molecular weight excluding hydrogens is 325 g/mol. The Morgan fingerprint density at radius 3 is 2.84 bits per heavy atom. The highest BCUT2D eigenvalue weighted by Gasteiger charge is 2.26. The van der Waals surface area contributed by atoms with Crippen LogP contribution < -0.4 is 10.2 Å². The number of hydrogen-bond acceptors (Lipinski definition) is 6. The standard InChI is InChI=1S/C17H20FN5O2/c1-10-7-23(8-11(2)24-10)14-4-3-13-16(15(14)18)25-22-17(13)20-6-12-5-19-9-21-12/h3-5,9-11H,6-8H2,1-2H3,(H,19,21)(H,20,22)/t10-,11+. The molecule has 1 fully saturated rings. The van der Waals surface area contributed by atoms with Crippen LogP contribution in [0.4, 0.5) is 15.9 Å². The highest BCUT2D eigenvalue weighted by molar-refractivity contribution is 5.91. The number of morpholine rings is 1. The van der Waals surface area contributed by atoms with Gasteiger partial charge in [-0.2, -0.15) is 0 Å². The molecule has 1 aromatic carbocycles. The zero-order valence-corrected chi connectivity index (χ0v) is 14.1. The molecule has 3 heterocycles. The lowest BCUT2D eigenvalue weighted by Gasteiger charge is -2.36. The van der Waals surface area contributed by atoms with E-state index < -0.39 is 0 Å². The highest BCUT2D eigenvalue weighted by atomic mass is 19.1. The Morgan fingerprint density at radius 1 is 1.32 bits per heavy atom. The lowest BCUT2D eigenvalue weighted by Crippen LogP contribution is -2.45. The van der Waals surface area contributed by atoms with Crippen LogP contribution in [-0.2, 0) is 11.3 Å². The number of fused-ring (bicyclic) bond motifs is 1. The summed E-state index contributed by atoms with van der Waals surface area (Å²) in [4.78, 5) is 8.95. The molecule has 2 N–H and O–H groups in total. The van der Waals surface area contributed by atoms with Gasteiger partial charge in [-0.25, -0.2) is 9.37 Å². The van der Waals surface area contributed by atoms with Crippen LogP contribution in [0.1, 0.15) is 19.5 Å². The van der Waals surface area contributed by atoms with Crippen LogP contribution in [0.2, 0.25) is 0 Å². The van der Waals surface area contributed by atoms with Crippen LogP contribution >= 0.6 is 0 Å². The highest BCUT2D eigenvalue weighted by Crippen LogP contribution is 2.32. The number of nitrogens with zero attached hydrogens (tertiary/aromatic N) is 3. The first-order valence-electron chi connectivity index (χ1n) is 8.31. The van der Waals surface area contributed by atoms with Gasteiger partial charge in [0.1, 0.15) is 0 Å². The maximum absolute atomic E-state index is 15.0. The van der Waals surface area contributed by atoms with Crippen molar-refractivity contribution in [3.05, 3.63) is 36.2 Å². The number of H-pyrrole nitrogens is 1. The summed E-state index contributed by atoms with van der Waals surface area (Å²) < 4.78 is 26.0. The van der Waals surface area contributed by atoms with Crippen molar-refractivity contribution in [2.24, 2.45) is 0 Å². The number of aromatic amines is 1. The van der Waals surface area contributed by atoms with Crippen molar-refractivity contribution in [1.82, 2.24) is 15.1 Å². The largest absolute Gasteiger partial charge is 0.372 e. The van der Waals surface area contributed by atoms with E-state index in [9.17, 15) is 4.39 Å². The molecule has 0 aliphatic carbocycles. The Hall–Kier alpha value is -2.61. The first kappa shape index (κ1) is 15.9. The third-order valence-corrected chi connectivity index (χ3v) is 4.32. The van der Waals surface area contributed by atoms with E-state index in [1.54, 1.807) is 18.6 Å². The monoisotopic (exact) mass is 345 g/mol. The lowest BCUT2D eigenvalue weighted by atomic mass is 10.1. The van der Waals surface area contributed by atoms with Crippen molar-refractivity contribution in [2.45, 2.75) is 32.6 Å². The molecule has 0 radical (unpaired) electrons. The smallest absolute Gasteiger partial charge is 0.206 e. The number of hydrogen-bond donors (Lipinski definition) is 2. The van der Waals surface area contributed by atoms with Crippen molar-refractivity contribution in [2.75, 3.05) is 23.3 Å². The number of imidazole rings is 1. The first-order chi connectivity index (χ1) is 12.1. The van der Waals surface area contributed by atoms with Crippen molar-refractivity contribution in [1.29, 1.82) is 0 Å². The van der Waals surface area contributed by atoms with E-state index in [0.29, 0.717) is 36.5 Å². The summed E-state index contributed by atoms with van der Waals surface area (Å²) >= 11 is 0. The van der Waals surface area contributed by atoms with Gasteiger partial charge in [-0.3, -0.25) is 0 Å². The summed E-state index contributed by atoms with van der Waals surface area (Å²) in [6.07, 6.45) is 3.43. The van der Waals surface area contributed by atoms with Gasteiger partial charge in [-0.15, -0.1) is 0 Å². The molecule has 25 heavy (non-hydrogen) atoms. The van der Waals surface area contributed by atoms with E-state index in [1.807, 2.05) is 24.8 Å². The average Bonchev–Trinajstić information content (AvgIpc) is 3.22. The summed E-state index contributed by atoms with van der Waals surface area (Å²) in [5.41, 5.74) is 1.59. The molecule has 0 unspecified atom stereocenters. The van der Waals surface area contributed by atoms with Gasteiger partial charge < -0.3 is 24.5 Å². The molecule has 132 valence electrons. The van der Waals surface area contributed by atoms with Gasteiger partial charge in [-0.1, -0.05) is 5.16 Å². The van der Waals surface area contributed by atoms with E-state index in [4.69, 9.17) is 9.26 Å². The first-order valence-corrected chi connectivity index (χ1v) is 8.31. The molecule has 0 amide bonds. The van der Waals surface area contributed by atoms with Crippen LogP contribution in [0.25, 0.3) is 11.0 Å². The lowest BCUT2D eigenvalue weighted by molar-refractivity contribution is -0.00539. The van der Waals surface area contributed by atoms with E-state index in [1.165, 1.54) is 0 Å². The van der Waals surface area contributed by atoms with Crippen molar-refractivity contribution in [3.8, 4) is 0 Å². The normalized spacial score (nSPS) is 21.0. The molecule has 1 aliphatic rings. The van der Waals surface area contributed by atoms with Crippen LogP contribution in [0, 0.1) is 5.82 Å². The third-order valence-electron chi connectivity index (χ3n) is 4.32. The third kappa shape index (κ3) is 3.05. The Bertz CT molecular complexity index is 853. The summed E-state index contributed by atoms with van der Waals surface area (Å²) in [7, 11) is 0. The molecular formula is C17H20FN5O2. The van der Waals surface area contributed by atoms with Crippen molar-refractivity contribution < 1.29 is 13.7 Å². The van der Waals surface area contributed by atoms with Gasteiger partial charge >= 0.3 is 0 Å². The van der Waals surface area contributed by atoms with Crippen LogP contribution in [-0.4, -0.2) is 40.4 Å². The second-order valence-corrected chi connectivity index (χ2v) is 6.40. The maximum atomic E-state index is 15.0. The zero-order valence-electron chi connectivity index (χ0n) is 14.1. The fraction of sp³-hybridized carbons (Fsp3) is 0.412. The van der Waals surface area contributed by atoms with E-state index in [2.05, 4.69) is 20.4 Å². The van der Waals surface area contributed by atoms with Crippen LogP contribution in [0.15, 0.2) is 29.2 Å². The van der Waals surface area contributed by atoms with E-state index in [-0.39, 0.29) is 23.6 Å². The quantitative estimate of drug-likeness (QED) is 0.757. The summed E-state index contributed by atoms with van der Waals surface area (Å²) in [5.74, 6) is 0.125. The van der Waals surface area contributed by atoms with E-state index >= 15 is 0 Å². The molecule has 2 aromatic heterocycles. The summed E-state index contributed by atoms with van der Waals surface area (Å²) in [6, 6.07) is 3.62. The van der Waals surface area contributed by atoms with Gasteiger partial charge in [0, 0.05) is 19.3 Å². The minimum absolute atomic E-state index is 0.0557. The van der Waals surface area contributed by atoms with Gasteiger partial charge in [0.15, 0.2) is 11.6 Å². The van der Waals surface area contributed by atoms with Gasteiger partial charge in [0.25, 0.3) is 0 Å². The predicted molar refractivity (Wildman–Crippen MR) is 92.1 cm³/mol. The molecule has 7 nitrogen and oxygen atoms in total. The second-order valence-electron chi connectivity index (χ2n) is 6.40. The Kier molecular flexibility index (Phi) is 4.04. The number of rotatable bonds is 4. The van der Waals surface area contributed by atoms with Gasteiger partial charge in [0.05, 0.1) is 41.8 Å². The zero-order chi connectivity index (χ0) is 17.4. The Balaban J connectivity index is 1.60. The molecule has 1 aliphatic heterocycles. The Morgan fingerprint density at radius 2 is 2.12 bits per heavy atom. The SMILES string of the molecule is C[C@@H]1CN(c2ccc3c(NCc4cnc[nH]4)noc3c2F)C[C@H](C)O1. The number of anilines is 2. The van der Waals surface area contributed by atoms with Gasteiger partial charge in [0.2, 0.25) is 5.58 Å².